The molecular formula is C16H21NO3. The Balaban J connectivity index is 1.41. The summed E-state index contributed by atoms with van der Waals surface area (Å²) in [5.74, 6) is 1.52. The summed E-state index contributed by atoms with van der Waals surface area (Å²) < 4.78 is 5.61. The van der Waals surface area contributed by atoms with Crippen LogP contribution in [0.1, 0.15) is 36.0 Å². The molecule has 0 aliphatic heterocycles. The Hall–Kier alpha value is -1.55. The summed E-state index contributed by atoms with van der Waals surface area (Å²) in [6.45, 7) is 1.40. The quantitative estimate of drug-likeness (QED) is 0.783. The first-order valence-electron chi connectivity index (χ1n) is 7.42. The fourth-order valence-electron chi connectivity index (χ4n) is 3.63. The Morgan fingerprint density at radius 1 is 1.35 bits per heavy atom. The second-order valence-corrected chi connectivity index (χ2v) is 5.92. The van der Waals surface area contributed by atoms with Gasteiger partial charge in [-0.2, -0.15) is 0 Å². The van der Waals surface area contributed by atoms with Gasteiger partial charge < -0.3 is 15.2 Å². The Labute approximate surface area is 119 Å². The molecule has 2 bridgehead atoms. The minimum absolute atomic E-state index is 0.267. The van der Waals surface area contributed by atoms with E-state index in [0.717, 1.165) is 18.4 Å². The lowest BCUT2D eigenvalue weighted by Gasteiger charge is -2.22. The Bertz CT molecular complexity index is 488. The number of fused-ring (bicyclic) bond motifs is 2. The first-order valence-corrected chi connectivity index (χ1v) is 7.42. The molecule has 3 rings (SSSR count). The smallest absolute Gasteiger partial charge is 0.335 e. The van der Waals surface area contributed by atoms with Crippen molar-refractivity contribution < 1.29 is 14.6 Å². The molecule has 4 nitrogen and oxygen atoms in total. The first-order chi connectivity index (χ1) is 9.72. The maximum atomic E-state index is 10.9. The second kappa shape index (κ2) is 5.83. The van der Waals surface area contributed by atoms with Crippen LogP contribution in [0.5, 0.6) is 5.75 Å². The highest BCUT2D eigenvalue weighted by Crippen LogP contribution is 2.44. The van der Waals surface area contributed by atoms with E-state index in [1.165, 1.54) is 25.7 Å². The molecule has 2 saturated carbocycles. The van der Waals surface area contributed by atoms with E-state index in [1.54, 1.807) is 24.3 Å². The number of carbonyl (C=O) groups is 1. The largest absolute Gasteiger partial charge is 0.492 e. The summed E-state index contributed by atoms with van der Waals surface area (Å²) in [4.78, 5) is 10.9. The average Bonchev–Trinajstić information content (AvgIpc) is 3.06. The molecule has 1 aromatic carbocycles. The number of nitrogens with one attached hydrogen (secondary N) is 1. The predicted molar refractivity (Wildman–Crippen MR) is 76.1 cm³/mol. The molecule has 2 aliphatic rings. The van der Waals surface area contributed by atoms with Crippen molar-refractivity contribution in [1.29, 1.82) is 0 Å². The summed E-state index contributed by atoms with van der Waals surface area (Å²) in [5.41, 5.74) is 0.267. The van der Waals surface area contributed by atoms with Crippen LogP contribution in [-0.4, -0.2) is 30.3 Å². The van der Waals surface area contributed by atoms with E-state index in [2.05, 4.69) is 5.32 Å². The Morgan fingerprint density at radius 2 is 2.25 bits per heavy atom. The standard InChI is InChI=1S/C16H21NO3/c18-16(19)13-2-1-3-14(10-13)20-7-6-17-15-9-11-4-5-12(15)8-11/h1-3,10-12,15,17H,4-9H2,(H,18,19). The molecule has 3 unspecified atom stereocenters. The minimum Gasteiger partial charge on any atom is -0.492 e. The topological polar surface area (TPSA) is 58.6 Å². The third kappa shape index (κ3) is 2.96. The summed E-state index contributed by atoms with van der Waals surface area (Å²) in [6.07, 6.45) is 5.52. The first kappa shape index (κ1) is 13.4. The number of hydrogen-bond donors (Lipinski definition) is 2. The zero-order chi connectivity index (χ0) is 13.9. The lowest BCUT2D eigenvalue weighted by atomic mass is 9.95. The third-order valence-electron chi connectivity index (χ3n) is 4.60. The van der Waals surface area contributed by atoms with E-state index >= 15 is 0 Å². The van der Waals surface area contributed by atoms with Crippen LogP contribution in [0, 0.1) is 11.8 Å². The van der Waals surface area contributed by atoms with Crippen molar-refractivity contribution in [2.45, 2.75) is 31.7 Å². The molecule has 0 radical (unpaired) electrons. The molecule has 0 amide bonds. The van der Waals surface area contributed by atoms with Gasteiger partial charge in [0.2, 0.25) is 0 Å². The van der Waals surface area contributed by atoms with E-state index in [9.17, 15) is 4.79 Å². The van der Waals surface area contributed by atoms with Crippen molar-refractivity contribution in [3.63, 3.8) is 0 Å². The highest BCUT2D eigenvalue weighted by Gasteiger charge is 2.38. The SMILES string of the molecule is O=C(O)c1cccc(OCCNC2CC3CCC2C3)c1. The molecule has 108 valence electrons. The van der Waals surface area contributed by atoms with Crippen LogP contribution in [-0.2, 0) is 0 Å². The number of aromatic carboxylic acids is 1. The van der Waals surface area contributed by atoms with Gasteiger partial charge >= 0.3 is 5.97 Å². The van der Waals surface area contributed by atoms with Gasteiger partial charge in [-0.15, -0.1) is 0 Å². The van der Waals surface area contributed by atoms with Gasteiger partial charge in [-0.25, -0.2) is 4.79 Å². The van der Waals surface area contributed by atoms with Crippen LogP contribution < -0.4 is 10.1 Å². The lowest BCUT2D eigenvalue weighted by Crippen LogP contribution is -2.36. The van der Waals surface area contributed by atoms with Gasteiger partial charge in [-0.1, -0.05) is 12.5 Å². The number of carboxylic acid groups (broad SMARTS) is 1. The fraction of sp³-hybridized carbons (Fsp3) is 0.562. The van der Waals surface area contributed by atoms with Gasteiger partial charge in [0, 0.05) is 12.6 Å². The second-order valence-electron chi connectivity index (χ2n) is 5.92. The zero-order valence-corrected chi connectivity index (χ0v) is 11.5. The Morgan fingerprint density at radius 3 is 2.95 bits per heavy atom. The molecule has 1 aromatic rings. The van der Waals surface area contributed by atoms with Crippen molar-refractivity contribution in [3.05, 3.63) is 29.8 Å². The number of ether oxygens (including phenoxy) is 1. The Kier molecular flexibility index (Phi) is 3.92. The van der Waals surface area contributed by atoms with Crippen molar-refractivity contribution in [3.8, 4) is 5.75 Å². The maximum Gasteiger partial charge on any atom is 0.335 e. The van der Waals surface area contributed by atoms with E-state index in [-0.39, 0.29) is 5.56 Å². The molecule has 2 fully saturated rings. The predicted octanol–water partition coefficient (Wildman–Crippen LogP) is 2.54. The van der Waals surface area contributed by atoms with Crippen LogP contribution >= 0.6 is 0 Å². The van der Waals surface area contributed by atoms with Crippen molar-refractivity contribution >= 4 is 5.97 Å². The molecule has 0 spiro atoms. The molecule has 0 saturated heterocycles. The molecule has 2 N–H and O–H groups in total. The van der Waals surface area contributed by atoms with Gasteiger partial charge in [0.05, 0.1) is 5.56 Å². The molecule has 0 heterocycles. The van der Waals surface area contributed by atoms with Crippen molar-refractivity contribution in [2.24, 2.45) is 11.8 Å². The zero-order valence-electron chi connectivity index (χ0n) is 11.5. The van der Waals surface area contributed by atoms with Gasteiger partial charge in [-0.3, -0.25) is 0 Å². The molecule has 3 atom stereocenters. The summed E-state index contributed by atoms with van der Waals surface area (Å²) in [6, 6.07) is 7.32. The summed E-state index contributed by atoms with van der Waals surface area (Å²) >= 11 is 0. The van der Waals surface area contributed by atoms with Crippen LogP contribution in [0.15, 0.2) is 24.3 Å². The average molecular weight is 275 g/mol. The van der Waals surface area contributed by atoms with Gasteiger partial charge in [-0.05, 0) is 49.3 Å². The van der Waals surface area contributed by atoms with E-state index in [4.69, 9.17) is 9.84 Å². The van der Waals surface area contributed by atoms with Gasteiger partial charge in [0.1, 0.15) is 12.4 Å². The van der Waals surface area contributed by atoms with Crippen molar-refractivity contribution in [1.82, 2.24) is 5.32 Å². The molecule has 4 heteroatoms. The van der Waals surface area contributed by atoms with Crippen molar-refractivity contribution in [2.75, 3.05) is 13.2 Å². The molecule has 0 aromatic heterocycles. The van der Waals surface area contributed by atoms with Gasteiger partial charge in [0.25, 0.3) is 0 Å². The fourth-order valence-corrected chi connectivity index (χ4v) is 3.63. The number of benzene rings is 1. The molecule has 20 heavy (non-hydrogen) atoms. The number of hydrogen-bond acceptors (Lipinski definition) is 3. The van der Waals surface area contributed by atoms with E-state index in [1.807, 2.05) is 0 Å². The highest BCUT2D eigenvalue weighted by molar-refractivity contribution is 5.87. The summed E-state index contributed by atoms with van der Waals surface area (Å²) in [7, 11) is 0. The summed E-state index contributed by atoms with van der Waals surface area (Å²) in [5, 5.41) is 12.5. The van der Waals surface area contributed by atoms with E-state index < -0.39 is 5.97 Å². The number of carboxylic acids is 1. The highest BCUT2D eigenvalue weighted by atomic mass is 16.5. The normalized spacial score (nSPS) is 27.7. The molecular weight excluding hydrogens is 254 g/mol. The lowest BCUT2D eigenvalue weighted by molar-refractivity contribution is 0.0696. The van der Waals surface area contributed by atoms with E-state index in [0.29, 0.717) is 18.4 Å². The van der Waals surface area contributed by atoms with Crippen LogP contribution in [0.4, 0.5) is 0 Å². The minimum atomic E-state index is -0.921. The van der Waals surface area contributed by atoms with Crippen LogP contribution in [0.2, 0.25) is 0 Å². The van der Waals surface area contributed by atoms with Crippen LogP contribution in [0.3, 0.4) is 0 Å². The molecule has 2 aliphatic carbocycles. The van der Waals surface area contributed by atoms with Gasteiger partial charge in [0.15, 0.2) is 0 Å². The third-order valence-corrected chi connectivity index (χ3v) is 4.60. The monoisotopic (exact) mass is 275 g/mol. The van der Waals surface area contributed by atoms with Crippen LogP contribution in [0.25, 0.3) is 0 Å². The maximum absolute atomic E-state index is 10.9. The number of rotatable bonds is 6.